The second kappa shape index (κ2) is 7.27. The number of hydrogen-bond acceptors (Lipinski definition) is 5. The molecule has 0 radical (unpaired) electrons. The third kappa shape index (κ3) is 3.34. The van der Waals surface area contributed by atoms with Gasteiger partial charge in [-0.05, 0) is 50.7 Å². The summed E-state index contributed by atoms with van der Waals surface area (Å²) in [5.74, 6) is 0.205. The predicted octanol–water partition coefficient (Wildman–Crippen LogP) is 1.98. The Hall–Kier alpha value is -2.70. The molecule has 1 N–H and O–H groups in total. The van der Waals surface area contributed by atoms with Crippen molar-refractivity contribution in [1.29, 1.82) is 0 Å². The first-order valence-electron chi connectivity index (χ1n) is 9.20. The lowest BCUT2D eigenvalue weighted by molar-refractivity contribution is 0.0694. The molecule has 3 heterocycles. The molecule has 2 aromatic heterocycles. The van der Waals surface area contributed by atoms with E-state index in [1.54, 1.807) is 24.5 Å². The molecule has 7 nitrogen and oxygen atoms in total. The van der Waals surface area contributed by atoms with Crippen LogP contribution in [-0.2, 0) is 12.8 Å². The fraction of sp³-hybridized carbons (Fsp3) is 0.474. The van der Waals surface area contributed by atoms with Crippen LogP contribution in [-0.4, -0.2) is 46.0 Å². The topological polar surface area (TPSA) is 88.3 Å². The van der Waals surface area contributed by atoms with Crippen molar-refractivity contribution in [3.8, 4) is 0 Å². The van der Waals surface area contributed by atoms with E-state index in [-0.39, 0.29) is 17.9 Å². The number of piperidine rings is 1. The van der Waals surface area contributed by atoms with Gasteiger partial charge in [-0.1, -0.05) is 5.16 Å². The maximum absolute atomic E-state index is 12.6. The lowest BCUT2D eigenvalue weighted by Crippen LogP contribution is -2.46. The minimum atomic E-state index is -0.181. The summed E-state index contributed by atoms with van der Waals surface area (Å²) in [5.41, 5.74) is 2.55. The Morgan fingerprint density at radius 2 is 1.85 bits per heavy atom. The van der Waals surface area contributed by atoms with Crippen molar-refractivity contribution in [2.24, 2.45) is 0 Å². The van der Waals surface area contributed by atoms with Gasteiger partial charge in [0.1, 0.15) is 0 Å². The number of rotatable bonds is 3. The molecule has 2 amide bonds. The number of likely N-dealkylation sites (tertiary alicyclic amines) is 1. The normalized spacial score (nSPS) is 17.6. The fourth-order valence-corrected chi connectivity index (χ4v) is 3.72. The van der Waals surface area contributed by atoms with Crippen molar-refractivity contribution in [3.05, 3.63) is 47.1 Å². The third-order valence-corrected chi connectivity index (χ3v) is 5.21. The van der Waals surface area contributed by atoms with E-state index in [9.17, 15) is 9.59 Å². The van der Waals surface area contributed by atoms with Gasteiger partial charge in [0.15, 0.2) is 0 Å². The van der Waals surface area contributed by atoms with Crippen LogP contribution < -0.4 is 5.32 Å². The molecule has 0 saturated carbocycles. The summed E-state index contributed by atoms with van der Waals surface area (Å²) in [6.45, 7) is 1.25. The number of nitrogens with one attached hydrogen (secondary N) is 1. The monoisotopic (exact) mass is 354 g/mol. The van der Waals surface area contributed by atoms with Gasteiger partial charge in [0, 0.05) is 42.7 Å². The average Bonchev–Trinajstić information content (AvgIpc) is 3.13. The van der Waals surface area contributed by atoms with Crippen LogP contribution in [0.25, 0.3) is 0 Å². The summed E-state index contributed by atoms with van der Waals surface area (Å²) in [5, 5.41) is 7.10. The lowest BCUT2D eigenvalue weighted by Gasteiger charge is -2.32. The minimum absolute atomic E-state index is 0.0153. The zero-order valence-corrected chi connectivity index (χ0v) is 14.6. The van der Waals surface area contributed by atoms with E-state index < -0.39 is 0 Å². The number of carbonyl (C=O) groups is 2. The van der Waals surface area contributed by atoms with Crippen LogP contribution in [0.2, 0.25) is 0 Å². The molecular formula is C19H22N4O3. The Kier molecular flexibility index (Phi) is 4.69. The molecule has 0 atom stereocenters. The van der Waals surface area contributed by atoms with Gasteiger partial charge in [-0.15, -0.1) is 0 Å². The van der Waals surface area contributed by atoms with Gasteiger partial charge in [0.05, 0.1) is 5.69 Å². The highest BCUT2D eigenvalue weighted by atomic mass is 16.5. The molecule has 26 heavy (non-hydrogen) atoms. The van der Waals surface area contributed by atoms with Crippen molar-refractivity contribution < 1.29 is 14.1 Å². The summed E-state index contributed by atoms with van der Waals surface area (Å²) in [7, 11) is 0. The van der Waals surface area contributed by atoms with E-state index in [0.717, 1.165) is 49.8 Å². The number of pyridine rings is 1. The summed E-state index contributed by atoms with van der Waals surface area (Å²) >= 11 is 0. The zero-order chi connectivity index (χ0) is 17.9. The summed E-state index contributed by atoms with van der Waals surface area (Å²) in [4.78, 5) is 30.8. The van der Waals surface area contributed by atoms with Crippen molar-refractivity contribution >= 4 is 11.8 Å². The van der Waals surface area contributed by atoms with Crippen LogP contribution in [0.4, 0.5) is 0 Å². The number of aromatic nitrogens is 2. The van der Waals surface area contributed by atoms with Crippen LogP contribution in [0.1, 0.15) is 57.9 Å². The Morgan fingerprint density at radius 1 is 1.12 bits per heavy atom. The molecule has 4 rings (SSSR count). The molecule has 2 aromatic rings. The van der Waals surface area contributed by atoms with Crippen LogP contribution in [0.5, 0.6) is 0 Å². The lowest BCUT2D eigenvalue weighted by atomic mass is 9.95. The van der Waals surface area contributed by atoms with Gasteiger partial charge in [-0.25, -0.2) is 0 Å². The van der Waals surface area contributed by atoms with Gasteiger partial charge >= 0.3 is 0 Å². The zero-order valence-electron chi connectivity index (χ0n) is 14.6. The van der Waals surface area contributed by atoms with Gasteiger partial charge in [0.25, 0.3) is 11.8 Å². The maximum Gasteiger partial charge on any atom is 0.290 e. The number of carbonyl (C=O) groups excluding carboxylic acids is 2. The van der Waals surface area contributed by atoms with E-state index in [0.29, 0.717) is 24.4 Å². The molecular weight excluding hydrogens is 332 g/mol. The van der Waals surface area contributed by atoms with Crippen LogP contribution in [0.3, 0.4) is 0 Å². The molecule has 2 aliphatic rings. The predicted molar refractivity (Wildman–Crippen MR) is 93.8 cm³/mol. The SMILES string of the molecule is O=C(NC1CCN(C(=O)c2ccncc2)CC1)c1onc2c1CCCC2. The first kappa shape index (κ1) is 16.8. The Labute approximate surface area is 151 Å². The van der Waals surface area contributed by atoms with Gasteiger partial charge < -0.3 is 14.7 Å². The van der Waals surface area contributed by atoms with E-state index in [2.05, 4.69) is 15.5 Å². The van der Waals surface area contributed by atoms with E-state index in [4.69, 9.17) is 4.52 Å². The molecule has 1 saturated heterocycles. The van der Waals surface area contributed by atoms with E-state index in [1.807, 2.05) is 4.90 Å². The molecule has 1 aliphatic heterocycles. The number of aryl methyl sites for hydroxylation is 1. The van der Waals surface area contributed by atoms with Crippen molar-refractivity contribution in [3.63, 3.8) is 0 Å². The molecule has 0 bridgehead atoms. The van der Waals surface area contributed by atoms with Crippen molar-refractivity contribution in [2.75, 3.05) is 13.1 Å². The molecule has 136 valence electrons. The Bertz CT molecular complexity index is 794. The number of amides is 2. The smallest absolute Gasteiger partial charge is 0.290 e. The maximum atomic E-state index is 12.6. The van der Waals surface area contributed by atoms with Gasteiger partial charge in [-0.3, -0.25) is 14.6 Å². The fourth-order valence-electron chi connectivity index (χ4n) is 3.72. The highest BCUT2D eigenvalue weighted by Gasteiger charge is 2.28. The largest absolute Gasteiger partial charge is 0.350 e. The first-order valence-corrected chi connectivity index (χ1v) is 9.20. The van der Waals surface area contributed by atoms with Crippen molar-refractivity contribution in [2.45, 2.75) is 44.6 Å². The summed E-state index contributed by atoms with van der Waals surface area (Å²) in [6.07, 6.45) is 8.64. The highest BCUT2D eigenvalue weighted by Crippen LogP contribution is 2.24. The Morgan fingerprint density at radius 3 is 2.62 bits per heavy atom. The molecule has 0 spiro atoms. The average molecular weight is 354 g/mol. The minimum Gasteiger partial charge on any atom is -0.350 e. The molecule has 0 aromatic carbocycles. The number of nitrogens with zero attached hydrogens (tertiary/aromatic N) is 3. The van der Waals surface area contributed by atoms with Crippen LogP contribution in [0, 0.1) is 0 Å². The first-order chi connectivity index (χ1) is 12.7. The van der Waals surface area contributed by atoms with E-state index >= 15 is 0 Å². The van der Waals surface area contributed by atoms with E-state index in [1.165, 1.54) is 0 Å². The number of hydrogen-bond donors (Lipinski definition) is 1. The second-order valence-electron chi connectivity index (χ2n) is 6.92. The third-order valence-electron chi connectivity index (χ3n) is 5.21. The Balaban J connectivity index is 1.33. The standard InChI is InChI=1S/C19H22N4O3/c24-18(17-15-3-1-2-4-16(15)22-26-17)21-14-7-11-23(12-8-14)19(25)13-5-9-20-10-6-13/h5-6,9-10,14H,1-4,7-8,11-12H2,(H,21,24). The van der Waals surface area contributed by atoms with Gasteiger partial charge in [-0.2, -0.15) is 0 Å². The molecule has 0 unspecified atom stereocenters. The summed E-state index contributed by atoms with van der Waals surface area (Å²) < 4.78 is 5.31. The molecule has 1 fully saturated rings. The molecule has 1 aliphatic carbocycles. The van der Waals surface area contributed by atoms with Crippen LogP contribution >= 0.6 is 0 Å². The number of fused-ring (bicyclic) bond motifs is 1. The molecule has 7 heteroatoms. The highest BCUT2D eigenvalue weighted by molar-refractivity contribution is 5.94. The summed E-state index contributed by atoms with van der Waals surface area (Å²) in [6, 6.07) is 3.50. The quantitative estimate of drug-likeness (QED) is 0.910. The van der Waals surface area contributed by atoms with Gasteiger partial charge in [0.2, 0.25) is 5.76 Å². The second-order valence-corrected chi connectivity index (χ2v) is 6.92. The van der Waals surface area contributed by atoms with Crippen molar-refractivity contribution in [1.82, 2.24) is 20.4 Å². The van der Waals surface area contributed by atoms with Crippen LogP contribution in [0.15, 0.2) is 29.0 Å².